The minimum atomic E-state index is -0.357. The lowest BCUT2D eigenvalue weighted by molar-refractivity contribution is -0.115. The molecule has 0 fully saturated rings. The molecule has 140 valence electrons. The largest absolute Gasteiger partial charge is 0.308 e. The van der Waals surface area contributed by atoms with Crippen LogP contribution in [0.2, 0.25) is 0 Å². The number of fused-ring (bicyclic) bond motifs is 1. The topological polar surface area (TPSA) is 59.3 Å². The number of anilines is 1. The van der Waals surface area contributed by atoms with Crippen LogP contribution in [0.3, 0.4) is 0 Å². The third-order valence-electron chi connectivity index (χ3n) is 4.38. The maximum atomic E-state index is 13.7. The first-order valence-electron chi connectivity index (χ1n) is 8.65. The molecule has 0 radical (unpaired) electrons. The monoisotopic (exact) mass is 378 g/mol. The molecule has 0 unspecified atom stereocenters. The molecular formula is C21H16F2N4O. The summed E-state index contributed by atoms with van der Waals surface area (Å²) in [6.45, 7) is 1.67. The van der Waals surface area contributed by atoms with Crippen LogP contribution < -0.4 is 5.32 Å². The summed E-state index contributed by atoms with van der Waals surface area (Å²) in [5, 5.41) is 7.20. The highest BCUT2D eigenvalue weighted by Crippen LogP contribution is 2.32. The molecule has 0 spiro atoms. The van der Waals surface area contributed by atoms with Gasteiger partial charge in [0.25, 0.3) is 0 Å². The Morgan fingerprint density at radius 3 is 2.68 bits per heavy atom. The third kappa shape index (κ3) is 3.46. The Hall–Kier alpha value is -3.61. The van der Waals surface area contributed by atoms with Gasteiger partial charge in [-0.25, -0.2) is 18.3 Å². The average Bonchev–Trinajstić information content (AvgIpc) is 3.03. The van der Waals surface area contributed by atoms with E-state index in [0.717, 1.165) is 0 Å². The zero-order chi connectivity index (χ0) is 19.7. The summed E-state index contributed by atoms with van der Waals surface area (Å²) in [6, 6.07) is 12.2. The Labute approximate surface area is 159 Å². The van der Waals surface area contributed by atoms with E-state index in [4.69, 9.17) is 0 Å². The standard InChI is InChI=1S/C21H16F2N4O/c1-13-11-15(5-8-17(13)23)19-20(26-27-10-2-9-24-21(19)27)25-18(28)12-14-3-6-16(22)7-4-14/h2-11H,12H2,1H3,(H,25,26,28). The molecular weight excluding hydrogens is 362 g/mol. The first kappa shape index (κ1) is 17.8. The SMILES string of the molecule is Cc1cc(-c2c(NC(=O)Cc3ccc(F)cc3)nn3cccnc23)ccc1F. The molecule has 0 atom stereocenters. The molecule has 1 N–H and O–H groups in total. The molecule has 4 rings (SSSR count). The molecule has 0 saturated heterocycles. The zero-order valence-corrected chi connectivity index (χ0v) is 15.0. The van der Waals surface area contributed by atoms with Gasteiger partial charge in [-0.1, -0.05) is 18.2 Å². The maximum absolute atomic E-state index is 13.7. The van der Waals surface area contributed by atoms with Crippen LogP contribution in [0.25, 0.3) is 16.8 Å². The quantitative estimate of drug-likeness (QED) is 0.580. The highest BCUT2D eigenvalue weighted by Gasteiger charge is 2.18. The van der Waals surface area contributed by atoms with Crippen LogP contribution in [-0.2, 0) is 11.2 Å². The fraction of sp³-hybridized carbons (Fsp3) is 0.0952. The van der Waals surface area contributed by atoms with Crippen molar-refractivity contribution in [1.29, 1.82) is 0 Å². The number of aryl methyl sites for hydroxylation is 1. The number of hydrogen-bond donors (Lipinski definition) is 1. The van der Waals surface area contributed by atoms with Crippen molar-refractivity contribution in [3.63, 3.8) is 0 Å². The lowest BCUT2D eigenvalue weighted by Crippen LogP contribution is -2.15. The summed E-state index contributed by atoms with van der Waals surface area (Å²) in [5.41, 5.74) is 3.02. The number of nitrogens with zero attached hydrogens (tertiary/aromatic N) is 3. The first-order valence-corrected chi connectivity index (χ1v) is 8.65. The van der Waals surface area contributed by atoms with E-state index < -0.39 is 0 Å². The number of nitrogens with one attached hydrogen (secondary N) is 1. The molecule has 1 amide bonds. The predicted octanol–water partition coefficient (Wildman–Crippen LogP) is 4.16. The molecule has 2 heterocycles. The molecule has 2 aromatic heterocycles. The summed E-state index contributed by atoms with van der Waals surface area (Å²) in [5.74, 6) is -0.633. The number of rotatable bonds is 4. The minimum Gasteiger partial charge on any atom is -0.308 e. The lowest BCUT2D eigenvalue weighted by atomic mass is 10.0. The second-order valence-electron chi connectivity index (χ2n) is 6.43. The molecule has 2 aromatic carbocycles. The van der Waals surface area contributed by atoms with Crippen molar-refractivity contribution in [3.8, 4) is 11.1 Å². The normalized spacial score (nSPS) is 11.0. The van der Waals surface area contributed by atoms with E-state index in [-0.39, 0.29) is 24.0 Å². The van der Waals surface area contributed by atoms with E-state index in [1.54, 1.807) is 54.2 Å². The van der Waals surface area contributed by atoms with E-state index in [9.17, 15) is 13.6 Å². The van der Waals surface area contributed by atoms with Crippen LogP contribution in [-0.4, -0.2) is 20.5 Å². The van der Waals surface area contributed by atoms with Crippen LogP contribution in [0.15, 0.2) is 60.9 Å². The summed E-state index contributed by atoms with van der Waals surface area (Å²) in [4.78, 5) is 16.9. The van der Waals surface area contributed by atoms with Gasteiger partial charge in [-0.15, -0.1) is 5.10 Å². The highest BCUT2D eigenvalue weighted by molar-refractivity contribution is 5.98. The van der Waals surface area contributed by atoms with Crippen molar-refractivity contribution in [3.05, 3.63) is 83.7 Å². The van der Waals surface area contributed by atoms with E-state index in [1.165, 1.54) is 18.2 Å². The molecule has 0 saturated carbocycles. The predicted molar refractivity (Wildman–Crippen MR) is 102 cm³/mol. The van der Waals surface area contributed by atoms with Crippen molar-refractivity contribution in [2.24, 2.45) is 0 Å². The van der Waals surface area contributed by atoms with Gasteiger partial charge in [0.2, 0.25) is 5.91 Å². The fourth-order valence-electron chi connectivity index (χ4n) is 3.00. The fourth-order valence-corrected chi connectivity index (χ4v) is 3.00. The Morgan fingerprint density at radius 2 is 1.93 bits per heavy atom. The van der Waals surface area contributed by atoms with E-state index in [1.807, 2.05) is 0 Å². The second-order valence-corrected chi connectivity index (χ2v) is 6.43. The van der Waals surface area contributed by atoms with E-state index in [0.29, 0.717) is 33.7 Å². The number of benzene rings is 2. The molecule has 0 aliphatic rings. The summed E-state index contributed by atoms with van der Waals surface area (Å²) < 4.78 is 28.3. The number of hydrogen-bond acceptors (Lipinski definition) is 3. The molecule has 28 heavy (non-hydrogen) atoms. The van der Waals surface area contributed by atoms with E-state index in [2.05, 4.69) is 15.4 Å². The van der Waals surface area contributed by atoms with Gasteiger partial charge in [-0.3, -0.25) is 4.79 Å². The Bertz CT molecular complexity index is 1170. The average molecular weight is 378 g/mol. The highest BCUT2D eigenvalue weighted by atomic mass is 19.1. The zero-order valence-electron chi connectivity index (χ0n) is 15.0. The first-order chi connectivity index (χ1) is 13.5. The smallest absolute Gasteiger partial charge is 0.230 e. The molecule has 4 aromatic rings. The molecule has 0 aliphatic carbocycles. The van der Waals surface area contributed by atoms with Gasteiger partial charge >= 0.3 is 0 Å². The van der Waals surface area contributed by atoms with Crippen LogP contribution in [0.4, 0.5) is 14.6 Å². The van der Waals surface area contributed by atoms with Crippen LogP contribution in [0.5, 0.6) is 0 Å². The van der Waals surface area contributed by atoms with Gasteiger partial charge in [-0.2, -0.15) is 0 Å². The van der Waals surface area contributed by atoms with Crippen molar-refractivity contribution >= 4 is 17.4 Å². The van der Waals surface area contributed by atoms with Gasteiger partial charge in [0.05, 0.1) is 12.0 Å². The van der Waals surface area contributed by atoms with Crippen LogP contribution in [0.1, 0.15) is 11.1 Å². The second kappa shape index (κ2) is 7.19. The molecule has 5 nitrogen and oxygen atoms in total. The maximum Gasteiger partial charge on any atom is 0.230 e. The van der Waals surface area contributed by atoms with Gasteiger partial charge in [0.1, 0.15) is 11.6 Å². The lowest BCUT2D eigenvalue weighted by Gasteiger charge is -2.07. The number of carbonyl (C=O) groups is 1. The Kier molecular flexibility index (Phi) is 4.57. The van der Waals surface area contributed by atoms with Crippen LogP contribution >= 0.6 is 0 Å². The minimum absolute atomic E-state index is 0.0729. The number of amides is 1. The Balaban J connectivity index is 1.71. The van der Waals surface area contributed by atoms with Gasteiger partial charge in [0.15, 0.2) is 11.5 Å². The number of aromatic nitrogens is 3. The van der Waals surface area contributed by atoms with Crippen molar-refractivity contribution < 1.29 is 13.6 Å². The summed E-state index contributed by atoms with van der Waals surface area (Å²) in [7, 11) is 0. The molecule has 7 heteroatoms. The summed E-state index contributed by atoms with van der Waals surface area (Å²) >= 11 is 0. The van der Waals surface area contributed by atoms with Crippen molar-refractivity contribution in [1.82, 2.24) is 14.6 Å². The van der Waals surface area contributed by atoms with Crippen molar-refractivity contribution in [2.75, 3.05) is 5.32 Å². The third-order valence-corrected chi connectivity index (χ3v) is 4.38. The molecule has 0 aliphatic heterocycles. The number of halogens is 2. The van der Waals surface area contributed by atoms with Crippen molar-refractivity contribution in [2.45, 2.75) is 13.3 Å². The van der Waals surface area contributed by atoms with Crippen LogP contribution in [0, 0.1) is 18.6 Å². The van der Waals surface area contributed by atoms with Gasteiger partial charge in [-0.05, 0) is 53.9 Å². The summed E-state index contributed by atoms with van der Waals surface area (Å²) in [6.07, 6.45) is 3.42. The molecule has 0 bridgehead atoms. The van der Waals surface area contributed by atoms with E-state index >= 15 is 0 Å². The number of carbonyl (C=O) groups excluding carboxylic acids is 1. The van der Waals surface area contributed by atoms with Gasteiger partial charge < -0.3 is 5.32 Å². The van der Waals surface area contributed by atoms with Gasteiger partial charge in [0, 0.05) is 12.4 Å². The Morgan fingerprint density at radius 1 is 1.14 bits per heavy atom.